The number of ether oxygens (including phenoxy) is 1. The highest BCUT2D eigenvalue weighted by Crippen LogP contribution is 2.22. The zero-order valence-corrected chi connectivity index (χ0v) is 12.3. The first kappa shape index (κ1) is 15.2. The van der Waals surface area contributed by atoms with Gasteiger partial charge in [-0.25, -0.2) is 0 Å². The molecule has 0 aliphatic carbocycles. The summed E-state index contributed by atoms with van der Waals surface area (Å²) in [5.41, 5.74) is 0. The molecule has 0 radical (unpaired) electrons. The molecule has 2 atom stereocenters. The zero-order valence-electron chi connectivity index (χ0n) is 11.4. The van der Waals surface area contributed by atoms with E-state index in [-0.39, 0.29) is 0 Å². The summed E-state index contributed by atoms with van der Waals surface area (Å²) in [7, 11) is 2.63. The summed E-state index contributed by atoms with van der Waals surface area (Å²) in [6.07, 6.45) is 3.21. The highest BCUT2D eigenvalue weighted by Gasteiger charge is 2.09. The molecule has 0 amide bonds. The fraction of sp³-hybridized carbons (Fsp3) is 0.571. The van der Waals surface area contributed by atoms with Gasteiger partial charge in [-0.1, -0.05) is 18.6 Å². The fourth-order valence-electron chi connectivity index (χ4n) is 1.74. The summed E-state index contributed by atoms with van der Waals surface area (Å²) in [5, 5.41) is 3.21. The minimum absolute atomic E-state index is 0.532. The van der Waals surface area contributed by atoms with Gasteiger partial charge in [0.2, 0.25) is 0 Å². The number of unbranched alkanes of at least 4 members (excludes halogenated alkanes) is 1. The van der Waals surface area contributed by atoms with Crippen molar-refractivity contribution in [3.05, 3.63) is 24.3 Å². The van der Waals surface area contributed by atoms with Gasteiger partial charge in [0, 0.05) is 11.8 Å². The lowest BCUT2D eigenvalue weighted by Gasteiger charge is -2.10. The van der Waals surface area contributed by atoms with Crippen LogP contribution < -0.4 is 10.1 Å². The van der Waals surface area contributed by atoms with Crippen LogP contribution in [0.2, 0.25) is 0 Å². The average molecular weight is 269 g/mol. The molecule has 4 heteroatoms. The van der Waals surface area contributed by atoms with E-state index in [9.17, 15) is 4.21 Å². The first-order valence-electron chi connectivity index (χ1n) is 6.37. The van der Waals surface area contributed by atoms with Crippen molar-refractivity contribution in [2.75, 3.05) is 19.9 Å². The summed E-state index contributed by atoms with van der Waals surface area (Å²) in [6.45, 7) is 2.16. The van der Waals surface area contributed by atoms with Gasteiger partial charge in [0.05, 0.1) is 22.8 Å². The summed E-state index contributed by atoms with van der Waals surface area (Å²) < 4.78 is 17.4. The molecule has 1 aromatic carbocycles. The number of hydrogen-bond donors (Lipinski definition) is 1. The van der Waals surface area contributed by atoms with Crippen LogP contribution in [0.3, 0.4) is 0 Å². The lowest BCUT2D eigenvalue weighted by molar-refractivity contribution is 0.404. The lowest BCUT2D eigenvalue weighted by Crippen LogP contribution is -2.20. The van der Waals surface area contributed by atoms with E-state index in [0.717, 1.165) is 29.9 Å². The van der Waals surface area contributed by atoms with Gasteiger partial charge in [-0.2, -0.15) is 0 Å². The third-order valence-corrected chi connectivity index (χ3v) is 4.51. The van der Waals surface area contributed by atoms with Gasteiger partial charge in [-0.05, 0) is 38.9 Å². The van der Waals surface area contributed by atoms with Gasteiger partial charge in [0.25, 0.3) is 0 Å². The molecular formula is C14H23NO2S. The molecule has 0 heterocycles. The van der Waals surface area contributed by atoms with E-state index < -0.39 is 10.8 Å². The normalized spacial score (nSPS) is 14.2. The molecule has 0 spiro atoms. The Morgan fingerprint density at radius 1 is 1.33 bits per heavy atom. The predicted octanol–water partition coefficient (Wildman–Crippen LogP) is 2.58. The van der Waals surface area contributed by atoms with Crippen LogP contribution in [0, 0.1) is 0 Å². The number of benzene rings is 1. The molecule has 2 unspecified atom stereocenters. The molecule has 1 aromatic rings. The van der Waals surface area contributed by atoms with Crippen LogP contribution in [-0.2, 0) is 10.8 Å². The second kappa shape index (κ2) is 8.27. The van der Waals surface area contributed by atoms with Gasteiger partial charge >= 0.3 is 0 Å². The molecule has 1 N–H and O–H groups in total. The molecule has 18 heavy (non-hydrogen) atoms. The van der Waals surface area contributed by atoms with Crippen LogP contribution in [0.5, 0.6) is 5.75 Å². The van der Waals surface area contributed by atoms with Crippen molar-refractivity contribution in [3.63, 3.8) is 0 Å². The summed E-state index contributed by atoms with van der Waals surface area (Å²) in [6, 6.07) is 8.07. The fourth-order valence-corrected chi connectivity index (χ4v) is 3.04. The topological polar surface area (TPSA) is 38.3 Å². The maximum Gasteiger partial charge on any atom is 0.134 e. The minimum atomic E-state index is -0.957. The molecular weight excluding hydrogens is 246 g/mol. The van der Waals surface area contributed by atoms with Gasteiger partial charge in [0.1, 0.15) is 5.75 Å². The number of hydrogen-bond acceptors (Lipinski definition) is 3. The van der Waals surface area contributed by atoms with E-state index in [1.807, 2.05) is 31.3 Å². The van der Waals surface area contributed by atoms with Crippen LogP contribution in [0.15, 0.2) is 29.2 Å². The molecule has 0 aliphatic rings. The van der Waals surface area contributed by atoms with Crippen molar-refractivity contribution in [2.45, 2.75) is 37.1 Å². The minimum Gasteiger partial charge on any atom is -0.495 e. The summed E-state index contributed by atoms with van der Waals surface area (Å²) in [4.78, 5) is 0.807. The predicted molar refractivity (Wildman–Crippen MR) is 76.6 cm³/mol. The smallest absolute Gasteiger partial charge is 0.134 e. The van der Waals surface area contributed by atoms with Crippen molar-refractivity contribution < 1.29 is 8.95 Å². The van der Waals surface area contributed by atoms with E-state index in [2.05, 4.69) is 12.2 Å². The van der Waals surface area contributed by atoms with E-state index in [1.165, 1.54) is 0 Å². The standard InChI is InChI=1S/C14H23NO2S/c1-12(15-2)8-6-7-11-18(16)14-10-5-4-9-13(14)17-3/h4-5,9-10,12,15H,6-8,11H2,1-3H3. The van der Waals surface area contributed by atoms with Gasteiger partial charge in [0.15, 0.2) is 0 Å². The average Bonchev–Trinajstić information content (AvgIpc) is 2.42. The molecule has 0 aromatic heterocycles. The molecule has 0 saturated carbocycles. The molecule has 0 aliphatic heterocycles. The lowest BCUT2D eigenvalue weighted by atomic mass is 10.1. The van der Waals surface area contributed by atoms with E-state index >= 15 is 0 Å². The molecule has 1 rings (SSSR count). The van der Waals surface area contributed by atoms with E-state index in [4.69, 9.17) is 4.74 Å². The molecule has 0 bridgehead atoms. The number of para-hydroxylation sites is 1. The summed E-state index contributed by atoms with van der Waals surface area (Å²) in [5.74, 6) is 1.43. The number of methoxy groups -OCH3 is 1. The third kappa shape index (κ3) is 4.78. The Morgan fingerprint density at radius 3 is 2.72 bits per heavy atom. The maximum atomic E-state index is 12.2. The van der Waals surface area contributed by atoms with Crippen LogP contribution in [0.1, 0.15) is 26.2 Å². The highest BCUT2D eigenvalue weighted by atomic mass is 32.2. The summed E-state index contributed by atoms with van der Waals surface area (Å²) >= 11 is 0. The second-order valence-electron chi connectivity index (χ2n) is 4.39. The van der Waals surface area contributed by atoms with Crippen molar-refractivity contribution in [2.24, 2.45) is 0 Å². The van der Waals surface area contributed by atoms with E-state index in [1.54, 1.807) is 7.11 Å². The van der Waals surface area contributed by atoms with Crippen molar-refractivity contribution in [3.8, 4) is 5.75 Å². The zero-order chi connectivity index (χ0) is 13.4. The van der Waals surface area contributed by atoms with Gasteiger partial charge < -0.3 is 10.1 Å². The number of rotatable bonds is 8. The Morgan fingerprint density at radius 2 is 2.06 bits per heavy atom. The van der Waals surface area contributed by atoms with Crippen LogP contribution >= 0.6 is 0 Å². The first-order valence-corrected chi connectivity index (χ1v) is 7.69. The quantitative estimate of drug-likeness (QED) is 0.737. The molecule has 102 valence electrons. The first-order chi connectivity index (χ1) is 8.69. The number of nitrogens with one attached hydrogen (secondary N) is 1. The Labute approximate surface area is 112 Å². The van der Waals surface area contributed by atoms with Crippen molar-refractivity contribution in [1.29, 1.82) is 0 Å². The van der Waals surface area contributed by atoms with E-state index in [0.29, 0.717) is 11.8 Å². The second-order valence-corrected chi connectivity index (χ2v) is 5.93. The van der Waals surface area contributed by atoms with Crippen LogP contribution in [0.25, 0.3) is 0 Å². The van der Waals surface area contributed by atoms with Gasteiger partial charge in [-0.15, -0.1) is 0 Å². The van der Waals surface area contributed by atoms with Crippen molar-refractivity contribution in [1.82, 2.24) is 5.32 Å². The molecule has 0 fully saturated rings. The Kier molecular flexibility index (Phi) is 6.98. The Bertz CT molecular complexity index is 382. The van der Waals surface area contributed by atoms with Gasteiger partial charge in [-0.3, -0.25) is 4.21 Å². The highest BCUT2D eigenvalue weighted by molar-refractivity contribution is 7.85. The third-order valence-electron chi connectivity index (χ3n) is 3.02. The molecule has 0 saturated heterocycles. The maximum absolute atomic E-state index is 12.2. The Hall–Kier alpha value is -0.870. The monoisotopic (exact) mass is 269 g/mol. The largest absolute Gasteiger partial charge is 0.495 e. The van der Waals surface area contributed by atoms with Crippen LogP contribution in [-0.4, -0.2) is 30.2 Å². The van der Waals surface area contributed by atoms with Crippen molar-refractivity contribution >= 4 is 10.8 Å². The molecule has 3 nitrogen and oxygen atoms in total. The Balaban J connectivity index is 2.41. The SMILES string of the molecule is CNC(C)CCCCS(=O)c1ccccc1OC. The van der Waals surface area contributed by atoms with Crippen LogP contribution in [0.4, 0.5) is 0 Å².